The Balaban J connectivity index is 0.000000642. The van der Waals surface area contributed by atoms with E-state index < -0.39 is 0 Å². The van der Waals surface area contributed by atoms with E-state index in [1.807, 2.05) is 246 Å². The van der Waals surface area contributed by atoms with E-state index in [2.05, 4.69) is 300 Å². The molecule has 1 aliphatic carbocycles. The molecule has 17 aromatic heterocycles. The molecule has 117 heavy (non-hydrogen) atoms. The lowest BCUT2D eigenvalue weighted by Crippen LogP contribution is -1.94. The highest BCUT2D eigenvalue weighted by atomic mass is 15.2. The van der Waals surface area contributed by atoms with E-state index in [-0.39, 0.29) is 0 Å². The Morgan fingerprint density at radius 2 is 0.735 bits per heavy atom. The first kappa shape index (κ1) is 104. The minimum atomic E-state index is 1.02. The molecule has 0 saturated carbocycles. The predicted octanol–water partition coefficient (Wildman–Crippen LogP) is 28.4. The summed E-state index contributed by atoms with van der Waals surface area (Å²) >= 11 is 0. The van der Waals surface area contributed by atoms with Gasteiger partial charge in [0.05, 0.1) is 51.5 Å². The number of allylic oxidation sites excluding steroid dienone is 2. The molecular formula is C102H147N15. The molecule has 0 unspecified atom stereocenters. The van der Waals surface area contributed by atoms with Gasteiger partial charge in [-0.05, 0) is 290 Å². The van der Waals surface area contributed by atoms with Crippen molar-refractivity contribution in [3.63, 3.8) is 0 Å². The summed E-state index contributed by atoms with van der Waals surface area (Å²) in [5.74, 6) is 1.05. The van der Waals surface area contributed by atoms with Gasteiger partial charge in [0, 0.05) is 143 Å². The molecule has 0 N–H and O–H groups in total. The van der Waals surface area contributed by atoms with E-state index in [9.17, 15) is 0 Å². The van der Waals surface area contributed by atoms with E-state index in [1.165, 1.54) is 140 Å². The van der Waals surface area contributed by atoms with Crippen LogP contribution in [-0.2, 0) is 6.42 Å². The van der Waals surface area contributed by atoms with Crippen LogP contribution in [0.1, 0.15) is 239 Å². The van der Waals surface area contributed by atoms with Gasteiger partial charge in [-0.25, -0.2) is 19.5 Å². The largest absolute Gasteiger partial charge is 0.323 e. The second kappa shape index (κ2) is 56.0. The highest BCUT2D eigenvalue weighted by molar-refractivity contribution is 5.72. The summed E-state index contributed by atoms with van der Waals surface area (Å²) in [6, 6.07) is 43.9. The van der Waals surface area contributed by atoms with Crippen LogP contribution in [0, 0.1) is 118 Å². The molecule has 0 amide bonds. The van der Waals surface area contributed by atoms with Crippen molar-refractivity contribution in [1.82, 2.24) is 70.3 Å². The highest BCUT2D eigenvalue weighted by Crippen LogP contribution is 2.28. The molecule has 0 aliphatic heterocycles. The van der Waals surface area contributed by atoms with Crippen molar-refractivity contribution in [2.75, 3.05) is 0 Å². The predicted molar refractivity (Wildman–Crippen MR) is 510 cm³/mol. The summed E-state index contributed by atoms with van der Waals surface area (Å²) in [7, 11) is 0. The van der Waals surface area contributed by atoms with Crippen LogP contribution >= 0.6 is 0 Å². The van der Waals surface area contributed by atoms with Crippen molar-refractivity contribution in [2.24, 2.45) is 0 Å². The number of rotatable bonds is 0. The van der Waals surface area contributed by atoms with Gasteiger partial charge in [-0.2, -0.15) is 5.10 Å². The molecule has 17 heterocycles. The van der Waals surface area contributed by atoms with E-state index in [4.69, 9.17) is 0 Å². The second-order valence-corrected chi connectivity index (χ2v) is 25.6. The molecule has 15 nitrogen and oxygen atoms in total. The third kappa shape index (κ3) is 28.8. The van der Waals surface area contributed by atoms with Crippen LogP contribution in [0.2, 0.25) is 0 Å². The van der Waals surface area contributed by atoms with Crippen LogP contribution < -0.4 is 0 Å². The van der Waals surface area contributed by atoms with Gasteiger partial charge in [0.1, 0.15) is 11.5 Å². The van der Waals surface area contributed by atoms with Crippen molar-refractivity contribution < 1.29 is 0 Å². The number of pyridine rings is 3. The normalized spacial score (nSPS) is 9.90. The zero-order valence-corrected chi connectivity index (χ0v) is 78.8. The Morgan fingerprint density at radius 3 is 1.28 bits per heavy atom. The summed E-state index contributed by atoms with van der Waals surface area (Å²) in [6.45, 7) is 73.8. The third-order valence-electron chi connectivity index (χ3n) is 18.0. The topological polar surface area (TPSA) is 126 Å². The van der Waals surface area contributed by atoms with Crippen molar-refractivity contribution in [1.29, 1.82) is 0 Å². The molecule has 15 heteroatoms. The van der Waals surface area contributed by atoms with Gasteiger partial charge in [-0.1, -0.05) is 143 Å². The van der Waals surface area contributed by atoms with Crippen molar-refractivity contribution in [2.45, 2.75) is 256 Å². The van der Waals surface area contributed by atoms with Crippen LogP contribution in [0.15, 0.2) is 227 Å². The SMILES string of the molecule is CC.CC.CC.CC.CC.CC.CC.CC.CC.CC1=CCc2nccc(C)c21.Cc1ccc2ccnc(C)n12.Cc1ccc2cncc(C)n12.Cc1cccc2ccc(C)n12.Cc1cccn2ccc(C)c12.Cc1ccn2ccnc(C)c12.Cc1ccn2cncc(C)c12.Cc1ccnc2ccc(C)n12.Cc1ccnn2ccc(C)c12. The molecule has 0 spiro atoms. The molecule has 0 saturated heterocycles. The van der Waals surface area contributed by atoms with Crippen LogP contribution in [0.25, 0.3) is 49.8 Å². The number of aromatic nitrogens is 15. The summed E-state index contributed by atoms with van der Waals surface area (Å²) in [6.07, 6.45) is 32.1. The Labute approximate surface area is 705 Å². The van der Waals surface area contributed by atoms with E-state index in [1.54, 1.807) is 0 Å². The highest BCUT2D eigenvalue weighted by Gasteiger charge is 2.13. The molecule has 18 rings (SSSR count). The van der Waals surface area contributed by atoms with Gasteiger partial charge in [0.25, 0.3) is 0 Å². The lowest BCUT2D eigenvalue weighted by molar-refractivity contribution is 0.932. The van der Waals surface area contributed by atoms with E-state index in [0.29, 0.717) is 0 Å². The zero-order valence-electron chi connectivity index (χ0n) is 78.8. The van der Waals surface area contributed by atoms with E-state index >= 15 is 0 Å². The van der Waals surface area contributed by atoms with Crippen LogP contribution in [-0.4, -0.2) is 70.3 Å². The molecule has 1 aliphatic rings. The van der Waals surface area contributed by atoms with Gasteiger partial charge in [0.15, 0.2) is 0 Å². The Bertz CT molecular complexity index is 4680. The second-order valence-electron chi connectivity index (χ2n) is 25.6. The number of aryl methyl sites for hydroxylation is 17. The lowest BCUT2D eigenvalue weighted by Gasteiger charge is -2.03. The van der Waals surface area contributed by atoms with Crippen molar-refractivity contribution in [3.8, 4) is 0 Å². The molecule has 0 bridgehead atoms. The fraction of sp³-hybridized carbons (Fsp3) is 0.363. The number of fused-ring (bicyclic) bond motifs is 9. The monoisotopic (exact) mass is 1580 g/mol. The number of nitrogens with zero attached hydrogens (tertiary/aromatic N) is 15. The van der Waals surface area contributed by atoms with Gasteiger partial charge in [-0.3, -0.25) is 15.0 Å². The van der Waals surface area contributed by atoms with E-state index in [0.717, 1.165) is 23.6 Å². The van der Waals surface area contributed by atoms with Gasteiger partial charge < -0.3 is 30.8 Å². The minimum Gasteiger partial charge on any atom is -0.323 e. The fourth-order valence-electron chi connectivity index (χ4n) is 13.2. The average Bonchev–Trinajstić information content (AvgIpc) is 1.77. The fourth-order valence-corrected chi connectivity index (χ4v) is 13.2. The minimum absolute atomic E-state index is 1.02. The summed E-state index contributed by atoms with van der Waals surface area (Å²) in [5, 5.41) is 4.18. The maximum atomic E-state index is 4.32. The lowest BCUT2D eigenvalue weighted by atomic mass is 10.1. The average molecular weight is 1580 g/mol. The van der Waals surface area contributed by atoms with Gasteiger partial charge in [0.2, 0.25) is 0 Å². The molecule has 0 aromatic carbocycles. The number of hydrogen-bond donors (Lipinski definition) is 0. The van der Waals surface area contributed by atoms with Crippen molar-refractivity contribution >= 4 is 49.8 Å². The first-order valence-electron chi connectivity index (χ1n) is 42.6. The summed E-state index contributed by atoms with van der Waals surface area (Å²) in [5.41, 5.74) is 34.1. The zero-order chi connectivity index (χ0) is 88.6. The number of hydrogen-bond acceptors (Lipinski definition) is 7. The van der Waals surface area contributed by atoms with Gasteiger partial charge in [-0.15, -0.1) is 0 Å². The Hall–Kier alpha value is -11.5. The standard InChI is InChI=1S/3C10H11N.6C9H10N2.9C2H6/c1-7-3-4-9-10(7)8(2)5-6-11-9;1-8-4-3-6-11-7-5-9(2)10(8)11;1-8-4-3-5-10-7-6-9(2)11(8)10;1-7-3-5-11-6-4-10-8(2)9(7)11;1-7-3-5-10-11-6-4-8(2)9(7)11;1-7-3-4-11-6-10-5-8(2)9(7)11;1-7-3-4-9-6-10-5-8(2)11(7)9;1-7-3-4-9-5-6-10-8(2)11(7)9;1-7-3-4-9-10-6-5-8(2)11(7)9;9*1-2/h3,5-6H,4H2,1-2H3;2*3-7H,1-2H3;6*3-6H,1-2H3;9*1-2H3. The molecule has 0 atom stereocenters. The van der Waals surface area contributed by atoms with Crippen LogP contribution in [0.4, 0.5) is 0 Å². The maximum absolute atomic E-state index is 4.32. The molecule has 630 valence electrons. The summed E-state index contributed by atoms with van der Waals surface area (Å²) in [4.78, 5) is 25.2. The summed E-state index contributed by atoms with van der Waals surface area (Å²) < 4.78 is 16.9. The maximum Gasteiger partial charge on any atom is 0.137 e. The third-order valence-corrected chi connectivity index (χ3v) is 18.0. The smallest absolute Gasteiger partial charge is 0.137 e. The quantitative estimate of drug-likeness (QED) is 0.148. The van der Waals surface area contributed by atoms with Crippen LogP contribution in [0.5, 0.6) is 0 Å². The first-order chi connectivity index (χ1) is 56.6. The van der Waals surface area contributed by atoms with Crippen molar-refractivity contribution in [3.05, 3.63) is 334 Å². The molecule has 0 radical (unpaired) electrons. The Morgan fingerprint density at radius 1 is 0.274 bits per heavy atom. The van der Waals surface area contributed by atoms with Crippen LogP contribution in [0.3, 0.4) is 0 Å². The first-order valence-corrected chi connectivity index (χ1v) is 42.6. The molecule has 0 fully saturated rings. The molecular weight excluding hydrogens is 1440 g/mol. The van der Waals surface area contributed by atoms with Gasteiger partial charge >= 0.3 is 0 Å². The molecule has 17 aromatic rings. The Kier molecular flexibility index (Phi) is 49.5.